The number of rotatable bonds is 6. The van der Waals surface area contributed by atoms with E-state index in [0.717, 1.165) is 11.1 Å². The van der Waals surface area contributed by atoms with Gasteiger partial charge < -0.3 is 19.4 Å². The number of phenolic OH excluding ortho intramolecular Hbond substituents is 2. The van der Waals surface area contributed by atoms with Crippen LogP contribution in [0.3, 0.4) is 0 Å². The summed E-state index contributed by atoms with van der Waals surface area (Å²) in [5.41, 5.74) is 3.01. The minimum atomic E-state index is -0.509. The topological polar surface area (TPSA) is 79.9 Å². The number of allylic oxidation sites excluding steroid dienone is 2. The van der Waals surface area contributed by atoms with Crippen LogP contribution in [0.25, 0.3) is 11.3 Å². The molecule has 26 heavy (non-hydrogen) atoms. The van der Waals surface area contributed by atoms with Crippen molar-refractivity contribution in [3.8, 4) is 22.8 Å². The minimum Gasteiger partial charge on any atom is -0.508 e. The predicted octanol–water partition coefficient (Wildman–Crippen LogP) is 5.26. The maximum atomic E-state index is 12.0. The van der Waals surface area contributed by atoms with Crippen LogP contribution >= 0.6 is 0 Å². The molecule has 0 saturated heterocycles. The van der Waals surface area contributed by atoms with Crippen molar-refractivity contribution in [3.63, 3.8) is 0 Å². The van der Waals surface area contributed by atoms with Crippen LogP contribution < -0.4 is 0 Å². The Balaban J connectivity index is 2.32. The van der Waals surface area contributed by atoms with E-state index in [0.29, 0.717) is 23.3 Å². The molecule has 5 heteroatoms. The standard InChI is InChI=1S/C21H24O5/c1-13(2)5-8-19(26-21(24)9-14(3)4)15-10-20(25-12-15)17-11-16(22)6-7-18(17)23/h5-7,9-12,19,22-23H,8H2,1-4H3. The van der Waals surface area contributed by atoms with Crippen molar-refractivity contribution in [2.24, 2.45) is 0 Å². The van der Waals surface area contributed by atoms with Gasteiger partial charge in [-0.2, -0.15) is 0 Å². The molecule has 1 unspecified atom stereocenters. The third-order valence-electron chi connectivity index (χ3n) is 3.64. The molecule has 2 N–H and O–H groups in total. The maximum absolute atomic E-state index is 12.0. The van der Waals surface area contributed by atoms with Gasteiger partial charge in [0.05, 0.1) is 11.8 Å². The van der Waals surface area contributed by atoms with Crippen molar-refractivity contribution in [3.05, 3.63) is 59.4 Å². The zero-order chi connectivity index (χ0) is 19.3. The van der Waals surface area contributed by atoms with E-state index in [-0.39, 0.29) is 11.5 Å². The quantitative estimate of drug-likeness (QED) is 0.319. The molecule has 0 spiro atoms. The first-order valence-electron chi connectivity index (χ1n) is 8.36. The number of benzene rings is 1. The van der Waals surface area contributed by atoms with Gasteiger partial charge in [-0.15, -0.1) is 0 Å². The highest BCUT2D eigenvalue weighted by Gasteiger charge is 2.19. The second-order valence-corrected chi connectivity index (χ2v) is 6.61. The van der Waals surface area contributed by atoms with E-state index in [9.17, 15) is 15.0 Å². The lowest BCUT2D eigenvalue weighted by Crippen LogP contribution is -2.08. The number of hydrogen-bond donors (Lipinski definition) is 2. The van der Waals surface area contributed by atoms with E-state index in [2.05, 4.69) is 0 Å². The number of esters is 1. The monoisotopic (exact) mass is 356 g/mol. The Labute approximate surface area is 153 Å². The average molecular weight is 356 g/mol. The van der Waals surface area contributed by atoms with Gasteiger partial charge in [-0.25, -0.2) is 4.79 Å². The van der Waals surface area contributed by atoms with E-state index >= 15 is 0 Å². The average Bonchev–Trinajstić information content (AvgIpc) is 3.02. The Morgan fingerprint density at radius 1 is 1.15 bits per heavy atom. The van der Waals surface area contributed by atoms with Gasteiger partial charge in [-0.05, 0) is 52.0 Å². The molecule has 1 aromatic carbocycles. The van der Waals surface area contributed by atoms with Crippen molar-refractivity contribution >= 4 is 5.97 Å². The highest BCUT2D eigenvalue weighted by Crippen LogP contribution is 2.35. The number of carbonyl (C=O) groups excluding carboxylic acids is 1. The van der Waals surface area contributed by atoms with Crippen LogP contribution in [0.4, 0.5) is 0 Å². The van der Waals surface area contributed by atoms with Gasteiger partial charge in [0.25, 0.3) is 0 Å². The fraction of sp³-hybridized carbons (Fsp3) is 0.286. The maximum Gasteiger partial charge on any atom is 0.331 e. The zero-order valence-electron chi connectivity index (χ0n) is 15.4. The Kier molecular flexibility index (Phi) is 6.28. The van der Waals surface area contributed by atoms with E-state index in [1.807, 2.05) is 33.8 Å². The fourth-order valence-electron chi connectivity index (χ4n) is 2.39. The lowest BCUT2D eigenvalue weighted by Gasteiger charge is -2.14. The Morgan fingerprint density at radius 3 is 2.54 bits per heavy atom. The summed E-state index contributed by atoms with van der Waals surface area (Å²) in [4.78, 5) is 12.0. The largest absolute Gasteiger partial charge is 0.508 e. The molecule has 5 nitrogen and oxygen atoms in total. The molecule has 1 atom stereocenters. The van der Waals surface area contributed by atoms with Crippen LogP contribution in [0.2, 0.25) is 0 Å². The lowest BCUT2D eigenvalue weighted by molar-refractivity contribution is -0.143. The van der Waals surface area contributed by atoms with Crippen molar-refractivity contribution < 1.29 is 24.2 Å². The summed E-state index contributed by atoms with van der Waals surface area (Å²) >= 11 is 0. The van der Waals surface area contributed by atoms with E-state index in [1.54, 1.807) is 6.07 Å². The molecule has 0 aliphatic rings. The van der Waals surface area contributed by atoms with Crippen molar-refractivity contribution in [2.45, 2.75) is 40.2 Å². The van der Waals surface area contributed by atoms with Crippen LogP contribution in [0.1, 0.15) is 45.8 Å². The minimum absolute atomic E-state index is 0.00826. The highest BCUT2D eigenvalue weighted by atomic mass is 16.5. The molecule has 1 heterocycles. The summed E-state index contributed by atoms with van der Waals surface area (Å²) in [6.45, 7) is 7.60. The molecule has 0 fully saturated rings. The Bertz CT molecular complexity index is 834. The summed E-state index contributed by atoms with van der Waals surface area (Å²) in [6.07, 6.45) is 4.93. The van der Waals surface area contributed by atoms with Gasteiger partial charge in [-0.1, -0.05) is 17.2 Å². The number of phenols is 2. The second kappa shape index (κ2) is 8.43. The number of ether oxygens (including phenoxy) is 1. The number of hydrogen-bond acceptors (Lipinski definition) is 5. The first kappa shape index (κ1) is 19.4. The predicted molar refractivity (Wildman–Crippen MR) is 99.8 cm³/mol. The third kappa shape index (κ3) is 5.28. The van der Waals surface area contributed by atoms with Crippen molar-refractivity contribution in [1.29, 1.82) is 0 Å². The van der Waals surface area contributed by atoms with Gasteiger partial charge in [0, 0.05) is 18.1 Å². The molecule has 0 saturated carbocycles. The summed E-state index contributed by atoms with van der Waals surface area (Å²) in [6, 6.07) is 5.90. The normalized spacial score (nSPS) is 11.5. The van der Waals surface area contributed by atoms with Gasteiger partial charge in [0.2, 0.25) is 0 Å². The van der Waals surface area contributed by atoms with Crippen molar-refractivity contribution in [2.75, 3.05) is 0 Å². The van der Waals surface area contributed by atoms with Crippen LogP contribution in [-0.4, -0.2) is 16.2 Å². The smallest absolute Gasteiger partial charge is 0.331 e. The van der Waals surface area contributed by atoms with Crippen LogP contribution in [0.5, 0.6) is 11.5 Å². The molecule has 138 valence electrons. The first-order chi connectivity index (χ1) is 12.3. The summed E-state index contributed by atoms with van der Waals surface area (Å²) in [5, 5.41) is 19.6. The molecular weight excluding hydrogens is 332 g/mol. The number of aromatic hydroxyl groups is 2. The zero-order valence-corrected chi connectivity index (χ0v) is 15.4. The van der Waals surface area contributed by atoms with Crippen LogP contribution in [0, 0.1) is 0 Å². The summed E-state index contributed by atoms with van der Waals surface area (Å²) < 4.78 is 11.1. The lowest BCUT2D eigenvalue weighted by atomic mass is 10.1. The number of furan rings is 1. The Morgan fingerprint density at radius 2 is 1.88 bits per heavy atom. The van der Waals surface area contributed by atoms with Gasteiger partial charge in [0.15, 0.2) is 0 Å². The van der Waals surface area contributed by atoms with E-state index < -0.39 is 12.1 Å². The van der Waals surface area contributed by atoms with Crippen LogP contribution in [-0.2, 0) is 9.53 Å². The van der Waals surface area contributed by atoms with E-state index in [1.165, 1.54) is 30.5 Å². The molecule has 2 rings (SSSR count). The number of carbonyl (C=O) groups is 1. The first-order valence-corrected chi connectivity index (χ1v) is 8.36. The summed E-state index contributed by atoms with van der Waals surface area (Å²) in [7, 11) is 0. The molecular formula is C21H24O5. The molecule has 1 aromatic heterocycles. The molecule has 2 aromatic rings. The highest BCUT2D eigenvalue weighted by molar-refractivity contribution is 5.82. The Hall–Kier alpha value is -2.95. The SMILES string of the molecule is CC(C)=CCC(OC(=O)C=C(C)C)c1coc(-c2cc(O)ccc2O)c1. The molecule has 0 radical (unpaired) electrons. The van der Waals surface area contributed by atoms with Gasteiger partial charge in [-0.3, -0.25) is 0 Å². The van der Waals surface area contributed by atoms with E-state index in [4.69, 9.17) is 9.15 Å². The molecule has 0 bridgehead atoms. The molecule has 0 amide bonds. The third-order valence-corrected chi connectivity index (χ3v) is 3.64. The fourth-order valence-corrected chi connectivity index (χ4v) is 2.39. The van der Waals surface area contributed by atoms with Crippen molar-refractivity contribution in [1.82, 2.24) is 0 Å². The second-order valence-electron chi connectivity index (χ2n) is 6.61. The molecule has 0 aliphatic heterocycles. The van der Waals surface area contributed by atoms with Crippen LogP contribution in [0.15, 0.2) is 58.2 Å². The summed E-state index contributed by atoms with van der Waals surface area (Å²) in [5.74, 6) is -0.0214. The van der Waals surface area contributed by atoms with Gasteiger partial charge >= 0.3 is 5.97 Å². The van der Waals surface area contributed by atoms with Gasteiger partial charge in [0.1, 0.15) is 23.4 Å². The molecule has 0 aliphatic carbocycles.